The first kappa shape index (κ1) is 11.0. The highest BCUT2D eigenvalue weighted by molar-refractivity contribution is 5.26. The van der Waals surface area contributed by atoms with E-state index in [4.69, 9.17) is 15.3 Å². The van der Waals surface area contributed by atoms with E-state index in [0.29, 0.717) is 6.42 Å². The molecule has 0 atom stereocenters. The highest BCUT2D eigenvalue weighted by atomic mass is 16.3. The lowest BCUT2D eigenvalue weighted by Crippen LogP contribution is -2.28. The minimum atomic E-state index is -0.489. The molecule has 1 aromatic carbocycles. The van der Waals surface area contributed by atoms with Crippen molar-refractivity contribution in [2.24, 2.45) is 5.41 Å². The third kappa shape index (κ3) is 2.72. The molecule has 0 heterocycles. The molecule has 0 aliphatic heterocycles. The van der Waals surface area contributed by atoms with Gasteiger partial charge in [0.2, 0.25) is 0 Å². The van der Waals surface area contributed by atoms with Crippen molar-refractivity contribution in [1.29, 1.82) is 0 Å². The van der Waals surface area contributed by atoms with Gasteiger partial charge in [0.25, 0.3) is 0 Å². The molecule has 0 fully saturated rings. The highest BCUT2D eigenvalue weighted by Crippen LogP contribution is 2.22. The number of rotatable bonds is 4. The van der Waals surface area contributed by atoms with Gasteiger partial charge in [-0.2, -0.15) is 0 Å². The Morgan fingerprint density at radius 2 is 1.57 bits per heavy atom. The summed E-state index contributed by atoms with van der Waals surface area (Å²) >= 11 is 0. The Labute approximate surface area is 83.6 Å². The molecule has 0 aromatic heterocycles. The molecule has 3 nitrogen and oxygen atoms in total. The summed E-state index contributed by atoms with van der Waals surface area (Å²) in [5, 5.41) is 27.3. The minimum Gasteiger partial charge on any atom is -0.508 e. The predicted octanol–water partition coefficient (Wildman–Crippen LogP) is 0.926. The Morgan fingerprint density at radius 3 is 2.00 bits per heavy atom. The summed E-state index contributed by atoms with van der Waals surface area (Å²) in [6, 6.07) is 6.78. The average Bonchev–Trinajstić information content (AvgIpc) is 2.21. The second-order valence-electron chi connectivity index (χ2n) is 3.97. The Hall–Kier alpha value is -1.06. The largest absolute Gasteiger partial charge is 0.508 e. The minimum absolute atomic E-state index is 0.0512. The second-order valence-corrected chi connectivity index (χ2v) is 3.97. The molecule has 0 saturated heterocycles. The molecule has 0 saturated carbocycles. The number of benzene rings is 1. The predicted molar refractivity (Wildman–Crippen MR) is 54.1 cm³/mol. The van der Waals surface area contributed by atoms with Gasteiger partial charge in [-0.1, -0.05) is 19.1 Å². The number of aliphatic hydroxyl groups is 2. The number of hydrogen-bond acceptors (Lipinski definition) is 3. The summed E-state index contributed by atoms with van der Waals surface area (Å²) in [7, 11) is 0. The van der Waals surface area contributed by atoms with Crippen LogP contribution in [0.15, 0.2) is 24.3 Å². The fourth-order valence-corrected chi connectivity index (χ4v) is 1.27. The first-order valence-corrected chi connectivity index (χ1v) is 4.59. The zero-order valence-electron chi connectivity index (χ0n) is 8.27. The fraction of sp³-hybridized carbons (Fsp3) is 0.455. The van der Waals surface area contributed by atoms with Crippen molar-refractivity contribution < 1.29 is 15.3 Å². The first-order chi connectivity index (χ1) is 6.59. The van der Waals surface area contributed by atoms with Crippen LogP contribution in [0.1, 0.15) is 12.5 Å². The molecular formula is C11H16O3. The van der Waals surface area contributed by atoms with Gasteiger partial charge in [0.15, 0.2) is 0 Å². The van der Waals surface area contributed by atoms with Crippen LogP contribution in [0, 0.1) is 5.41 Å². The van der Waals surface area contributed by atoms with Gasteiger partial charge in [-0.15, -0.1) is 0 Å². The SMILES string of the molecule is CC(CO)(CO)Cc1ccc(O)cc1. The van der Waals surface area contributed by atoms with Crippen LogP contribution in [0.3, 0.4) is 0 Å². The van der Waals surface area contributed by atoms with Crippen molar-refractivity contribution in [2.45, 2.75) is 13.3 Å². The smallest absolute Gasteiger partial charge is 0.115 e. The Morgan fingerprint density at radius 1 is 1.07 bits per heavy atom. The van der Waals surface area contributed by atoms with Crippen molar-refractivity contribution in [1.82, 2.24) is 0 Å². The second kappa shape index (κ2) is 4.44. The van der Waals surface area contributed by atoms with E-state index in [-0.39, 0.29) is 19.0 Å². The van der Waals surface area contributed by atoms with E-state index in [2.05, 4.69) is 0 Å². The maximum atomic E-state index is 9.09. The number of hydrogen-bond donors (Lipinski definition) is 3. The summed E-state index contributed by atoms with van der Waals surface area (Å²) in [4.78, 5) is 0. The van der Waals surface area contributed by atoms with Gasteiger partial charge in [-0.3, -0.25) is 0 Å². The molecule has 1 rings (SSSR count). The summed E-state index contributed by atoms with van der Waals surface area (Å²) in [6.07, 6.45) is 0.597. The topological polar surface area (TPSA) is 60.7 Å². The molecule has 78 valence electrons. The molecule has 0 amide bonds. The summed E-state index contributed by atoms with van der Waals surface area (Å²) in [5.74, 6) is 0.225. The van der Waals surface area contributed by atoms with Gasteiger partial charge in [0.1, 0.15) is 5.75 Å². The molecule has 0 aliphatic carbocycles. The molecule has 0 spiro atoms. The Balaban J connectivity index is 2.72. The van der Waals surface area contributed by atoms with Gasteiger partial charge >= 0.3 is 0 Å². The van der Waals surface area contributed by atoms with Crippen LogP contribution >= 0.6 is 0 Å². The molecule has 14 heavy (non-hydrogen) atoms. The van der Waals surface area contributed by atoms with E-state index in [9.17, 15) is 0 Å². The molecule has 0 bridgehead atoms. The summed E-state index contributed by atoms with van der Waals surface area (Å²) < 4.78 is 0. The number of aromatic hydroxyl groups is 1. The van der Waals surface area contributed by atoms with E-state index < -0.39 is 5.41 Å². The molecule has 1 aromatic rings. The van der Waals surface area contributed by atoms with Crippen LogP contribution in [0.25, 0.3) is 0 Å². The molecule has 0 aliphatic rings. The summed E-state index contributed by atoms with van der Waals surface area (Å²) in [6.45, 7) is 1.72. The van der Waals surface area contributed by atoms with Gasteiger partial charge in [-0.25, -0.2) is 0 Å². The van der Waals surface area contributed by atoms with Gasteiger partial charge in [0, 0.05) is 5.41 Å². The third-order valence-corrected chi connectivity index (χ3v) is 2.33. The normalized spacial score (nSPS) is 11.6. The van der Waals surface area contributed by atoms with E-state index in [1.54, 1.807) is 24.3 Å². The van der Waals surface area contributed by atoms with Gasteiger partial charge < -0.3 is 15.3 Å². The first-order valence-electron chi connectivity index (χ1n) is 4.59. The lowest BCUT2D eigenvalue weighted by Gasteiger charge is -2.24. The zero-order chi connectivity index (χ0) is 10.6. The van der Waals surface area contributed by atoms with Crippen LogP contribution in [0.4, 0.5) is 0 Å². The van der Waals surface area contributed by atoms with Gasteiger partial charge in [0.05, 0.1) is 13.2 Å². The van der Waals surface area contributed by atoms with E-state index in [0.717, 1.165) is 5.56 Å². The van der Waals surface area contributed by atoms with Gasteiger partial charge in [-0.05, 0) is 24.1 Å². The molecule has 3 heteroatoms. The van der Waals surface area contributed by atoms with Crippen LogP contribution in [0.2, 0.25) is 0 Å². The van der Waals surface area contributed by atoms with Crippen LogP contribution < -0.4 is 0 Å². The lowest BCUT2D eigenvalue weighted by molar-refractivity contribution is 0.0704. The van der Waals surface area contributed by atoms with Crippen LogP contribution in [-0.4, -0.2) is 28.5 Å². The molecule has 3 N–H and O–H groups in total. The van der Waals surface area contributed by atoms with Crippen LogP contribution in [0.5, 0.6) is 5.75 Å². The monoisotopic (exact) mass is 196 g/mol. The summed E-state index contributed by atoms with van der Waals surface area (Å²) in [5.41, 5.74) is 0.505. The maximum absolute atomic E-state index is 9.09. The number of aliphatic hydroxyl groups excluding tert-OH is 2. The molecule has 0 unspecified atom stereocenters. The number of phenols is 1. The third-order valence-electron chi connectivity index (χ3n) is 2.33. The van der Waals surface area contributed by atoms with Crippen molar-refractivity contribution in [2.75, 3.05) is 13.2 Å². The van der Waals surface area contributed by atoms with Crippen LogP contribution in [-0.2, 0) is 6.42 Å². The Kier molecular flexibility index (Phi) is 3.49. The van der Waals surface area contributed by atoms with E-state index in [1.807, 2.05) is 6.92 Å². The molecule has 0 radical (unpaired) electrons. The van der Waals surface area contributed by atoms with Crippen molar-refractivity contribution in [3.63, 3.8) is 0 Å². The average molecular weight is 196 g/mol. The van der Waals surface area contributed by atoms with Crippen molar-refractivity contribution >= 4 is 0 Å². The quantitative estimate of drug-likeness (QED) is 0.671. The van der Waals surface area contributed by atoms with Crippen molar-refractivity contribution in [3.8, 4) is 5.75 Å². The molecular weight excluding hydrogens is 180 g/mol. The highest BCUT2D eigenvalue weighted by Gasteiger charge is 2.22. The van der Waals surface area contributed by atoms with E-state index >= 15 is 0 Å². The Bertz CT molecular complexity index is 275. The van der Waals surface area contributed by atoms with Crippen molar-refractivity contribution in [3.05, 3.63) is 29.8 Å². The maximum Gasteiger partial charge on any atom is 0.115 e. The number of phenolic OH excluding ortho intramolecular Hbond substituents is 1. The standard InChI is InChI=1S/C11H16O3/c1-11(7-12,8-13)6-9-2-4-10(14)5-3-9/h2-5,12-14H,6-8H2,1H3. The zero-order valence-corrected chi connectivity index (χ0v) is 8.27. The van der Waals surface area contributed by atoms with E-state index in [1.165, 1.54) is 0 Å². The lowest BCUT2D eigenvalue weighted by atomic mass is 9.85. The fourth-order valence-electron chi connectivity index (χ4n) is 1.27.